The molecule has 0 bridgehead atoms. The molecule has 0 amide bonds. The van der Waals surface area contributed by atoms with E-state index in [4.69, 9.17) is 0 Å². The van der Waals surface area contributed by atoms with Gasteiger partial charge in [-0.3, -0.25) is 0 Å². The molecule has 1 aromatic heterocycles. The highest BCUT2D eigenvalue weighted by molar-refractivity contribution is 7.10. The number of hydrogen-bond acceptors (Lipinski definition) is 3. The van der Waals surface area contributed by atoms with E-state index >= 15 is 0 Å². The number of hydrogen-bond donors (Lipinski definition) is 1. The Hall–Kier alpha value is -0.380. The van der Waals surface area contributed by atoms with Crippen LogP contribution in [0.4, 0.5) is 0 Å². The lowest BCUT2D eigenvalue weighted by atomic mass is 10.0. The fourth-order valence-corrected chi connectivity index (χ4v) is 4.14. The quantitative estimate of drug-likeness (QED) is 0.754. The molecule has 1 aliphatic rings. The van der Waals surface area contributed by atoms with Gasteiger partial charge in [0.1, 0.15) is 0 Å². The van der Waals surface area contributed by atoms with Gasteiger partial charge in [-0.2, -0.15) is 0 Å². The Morgan fingerprint density at radius 3 is 2.90 bits per heavy atom. The molecule has 2 atom stereocenters. The number of rotatable bonds is 7. The van der Waals surface area contributed by atoms with E-state index in [1.54, 1.807) is 0 Å². The molecule has 2 nitrogen and oxygen atoms in total. The molecule has 1 fully saturated rings. The molecule has 2 heterocycles. The molecule has 1 saturated heterocycles. The van der Waals surface area contributed by atoms with Crippen LogP contribution in [0.5, 0.6) is 0 Å². The van der Waals surface area contributed by atoms with E-state index in [0.717, 1.165) is 12.6 Å². The van der Waals surface area contributed by atoms with Crippen molar-refractivity contribution < 1.29 is 0 Å². The van der Waals surface area contributed by atoms with Gasteiger partial charge in [0.25, 0.3) is 0 Å². The highest BCUT2D eigenvalue weighted by atomic mass is 32.1. The highest BCUT2D eigenvalue weighted by Crippen LogP contribution is 2.25. The van der Waals surface area contributed by atoms with Crippen molar-refractivity contribution in [2.75, 3.05) is 19.6 Å². The maximum atomic E-state index is 3.76. The lowest BCUT2D eigenvalue weighted by Gasteiger charge is -2.33. The Labute approximate surface area is 128 Å². The first-order valence-electron chi connectivity index (χ1n) is 8.19. The third-order valence-corrected chi connectivity index (χ3v) is 5.40. The van der Waals surface area contributed by atoms with Gasteiger partial charge in [-0.25, -0.2) is 0 Å². The Balaban J connectivity index is 1.71. The van der Waals surface area contributed by atoms with Crippen molar-refractivity contribution in [1.82, 2.24) is 10.2 Å². The molecule has 0 radical (unpaired) electrons. The zero-order chi connectivity index (χ0) is 14.4. The zero-order valence-corrected chi connectivity index (χ0v) is 14.1. The van der Waals surface area contributed by atoms with Crippen LogP contribution in [0.3, 0.4) is 0 Å². The van der Waals surface area contributed by atoms with Gasteiger partial charge >= 0.3 is 0 Å². The van der Waals surface area contributed by atoms with E-state index in [2.05, 4.69) is 48.5 Å². The first-order chi connectivity index (χ1) is 9.68. The molecular formula is C17H30N2S. The summed E-state index contributed by atoms with van der Waals surface area (Å²) in [6.45, 7) is 10.7. The smallest absolute Gasteiger partial charge is 0.0438 e. The first-order valence-corrected chi connectivity index (χ1v) is 9.07. The van der Waals surface area contributed by atoms with E-state index in [-0.39, 0.29) is 0 Å². The van der Waals surface area contributed by atoms with Gasteiger partial charge in [-0.1, -0.05) is 26.3 Å². The minimum absolute atomic E-state index is 0.522. The van der Waals surface area contributed by atoms with Crippen LogP contribution in [0.15, 0.2) is 17.5 Å². The molecule has 20 heavy (non-hydrogen) atoms. The number of nitrogens with one attached hydrogen (secondary N) is 1. The fraction of sp³-hybridized carbons (Fsp3) is 0.765. The van der Waals surface area contributed by atoms with Crippen molar-refractivity contribution in [2.45, 2.75) is 58.5 Å². The molecule has 114 valence electrons. The van der Waals surface area contributed by atoms with Gasteiger partial charge < -0.3 is 10.2 Å². The van der Waals surface area contributed by atoms with Gasteiger partial charge in [0.2, 0.25) is 0 Å². The van der Waals surface area contributed by atoms with Gasteiger partial charge in [-0.05, 0) is 63.2 Å². The van der Waals surface area contributed by atoms with Crippen LogP contribution < -0.4 is 5.32 Å². The predicted octanol–water partition coefficient (Wildman–Crippen LogP) is 4.30. The monoisotopic (exact) mass is 294 g/mol. The van der Waals surface area contributed by atoms with Crippen LogP contribution >= 0.6 is 11.3 Å². The number of nitrogens with zero attached hydrogens (tertiary/aromatic N) is 1. The van der Waals surface area contributed by atoms with E-state index in [0.29, 0.717) is 12.0 Å². The van der Waals surface area contributed by atoms with Crippen molar-refractivity contribution >= 4 is 11.3 Å². The molecule has 1 aliphatic heterocycles. The average Bonchev–Trinajstić information content (AvgIpc) is 2.94. The van der Waals surface area contributed by atoms with Gasteiger partial charge in [0, 0.05) is 17.0 Å². The normalized spacial score (nSPS) is 22.3. The second-order valence-electron chi connectivity index (χ2n) is 6.43. The molecule has 1 N–H and O–H groups in total. The Morgan fingerprint density at radius 2 is 2.25 bits per heavy atom. The SMILES string of the molecule is CC(C)C(NCCCN1CCCCC1C)c1cccs1. The first kappa shape index (κ1) is 16.0. The van der Waals surface area contributed by atoms with Gasteiger partial charge in [-0.15, -0.1) is 11.3 Å². The lowest BCUT2D eigenvalue weighted by Crippen LogP contribution is -2.39. The van der Waals surface area contributed by atoms with Crippen LogP contribution in [0.25, 0.3) is 0 Å². The maximum absolute atomic E-state index is 3.76. The molecule has 1 aromatic rings. The minimum atomic E-state index is 0.522. The van der Waals surface area contributed by atoms with Gasteiger partial charge in [0.05, 0.1) is 0 Å². The van der Waals surface area contributed by atoms with Crippen LogP contribution in [0.2, 0.25) is 0 Å². The number of piperidine rings is 1. The molecule has 2 unspecified atom stereocenters. The summed E-state index contributed by atoms with van der Waals surface area (Å²) in [6.07, 6.45) is 5.46. The second-order valence-corrected chi connectivity index (χ2v) is 7.40. The molecule has 0 aliphatic carbocycles. The zero-order valence-electron chi connectivity index (χ0n) is 13.3. The maximum Gasteiger partial charge on any atom is 0.0438 e. The van der Waals surface area contributed by atoms with E-state index in [1.165, 1.54) is 43.6 Å². The number of likely N-dealkylation sites (tertiary alicyclic amines) is 1. The molecule has 0 spiro atoms. The summed E-state index contributed by atoms with van der Waals surface area (Å²) in [5.74, 6) is 0.655. The summed E-state index contributed by atoms with van der Waals surface area (Å²) in [5, 5.41) is 5.94. The largest absolute Gasteiger partial charge is 0.309 e. The van der Waals surface area contributed by atoms with Crippen molar-refractivity contribution in [1.29, 1.82) is 0 Å². The van der Waals surface area contributed by atoms with Gasteiger partial charge in [0.15, 0.2) is 0 Å². The van der Waals surface area contributed by atoms with Crippen LogP contribution in [0, 0.1) is 5.92 Å². The highest BCUT2D eigenvalue weighted by Gasteiger charge is 2.18. The third kappa shape index (κ3) is 4.57. The van der Waals surface area contributed by atoms with E-state index in [1.807, 2.05) is 11.3 Å². The van der Waals surface area contributed by atoms with Crippen molar-refractivity contribution in [3.63, 3.8) is 0 Å². The fourth-order valence-electron chi connectivity index (χ4n) is 3.16. The molecule has 3 heteroatoms. The second kappa shape index (κ2) is 8.16. The predicted molar refractivity (Wildman–Crippen MR) is 89.4 cm³/mol. The number of thiophene rings is 1. The lowest BCUT2D eigenvalue weighted by molar-refractivity contribution is 0.158. The summed E-state index contributed by atoms with van der Waals surface area (Å²) in [7, 11) is 0. The average molecular weight is 295 g/mol. The summed E-state index contributed by atoms with van der Waals surface area (Å²) in [6, 6.07) is 5.73. The summed E-state index contributed by atoms with van der Waals surface area (Å²) >= 11 is 1.87. The van der Waals surface area contributed by atoms with Crippen molar-refractivity contribution in [3.05, 3.63) is 22.4 Å². The van der Waals surface area contributed by atoms with Crippen molar-refractivity contribution in [3.8, 4) is 0 Å². The third-order valence-electron chi connectivity index (χ3n) is 4.44. The van der Waals surface area contributed by atoms with E-state index < -0.39 is 0 Å². The Bertz CT molecular complexity index is 361. The summed E-state index contributed by atoms with van der Waals surface area (Å²) < 4.78 is 0. The Kier molecular flexibility index (Phi) is 6.53. The standard InChI is InChI=1S/C17H30N2S/c1-14(2)17(16-9-6-13-20-16)18-10-7-12-19-11-5-4-8-15(19)3/h6,9,13-15,17-18H,4-5,7-8,10-12H2,1-3H3. The molecular weight excluding hydrogens is 264 g/mol. The van der Waals surface area contributed by atoms with Crippen LogP contribution in [-0.4, -0.2) is 30.6 Å². The Morgan fingerprint density at radius 1 is 1.40 bits per heavy atom. The van der Waals surface area contributed by atoms with Crippen LogP contribution in [0.1, 0.15) is 57.4 Å². The topological polar surface area (TPSA) is 15.3 Å². The summed E-state index contributed by atoms with van der Waals surface area (Å²) in [5.41, 5.74) is 0. The molecule has 0 saturated carbocycles. The molecule has 2 rings (SSSR count). The molecule has 0 aromatic carbocycles. The minimum Gasteiger partial charge on any atom is -0.309 e. The van der Waals surface area contributed by atoms with E-state index in [9.17, 15) is 0 Å². The van der Waals surface area contributed by atoms with Crippen molar-refractivity contribution in [2.24, 2.45) is 5.92 Å². The van der Waals surface area contributed by atoms with Crippen LogP contribution in [-0.2, 0) is 0 Å². The summed E-state index contributed by atoms with van der Waals surface area (Å²) in [4.78, 5) is 4.15.